The van der Waals surface area contributed by atoms with Crippen molar-refractivity contribution in [2.24, 2.45) is 7.05 Å². The molecule has 0 radical (unpaired) electrons. The standard InChI is InChI=1S/C15H12Cl2N4O2/c1-7-9-3-8(6-18-14(9)21(2)20-7)15(23)19-12-4-10(16)11(17)5-13(12)22/h3-6,22H,1-2H3,(H,19,23). The lowest BCUT2D eigenvalue weighted by atomic mass is 10.2. The van der Waals surface area contributed by atoms with Gasteiger partial charge < -0.3 is 10.4 Å². The van der Waals surface area contributed by atoms with E-state index in [0.29, 0.717) is 11.2 Å². The number of aromatic hydroxyl groups is 1. The Hall–Kier alpha value is -2.31. The molecule has 8 heteroatoms. The number of benzene rings is 1. The van der Waals surface area contributed by atoms with Crippen LogP contribution in [0.15, 0.2) is 24.4 Å². The third-order valence-corrected chi connectivity index (χ3v) is 4.13. The number of pyridine rings is 1. The van der Waals surface area contributed by atoms with Crippen LogP contribution in [0.3, 0.4) is 0 Å². The molecule has 2 aromatic heterocycles. The Morgan fingerprint density at radius 1 is 1.26 bits per heavy atom. The normalized spacial score (nSPS) is 11.0. The number of hydrogen-bond donors (Lipinski definition) is 2. The van der Waals surface area contributed by atoms with Gasteiger partial charge in [-0.1, -0.05) is 23.2 Å². The molecular formula is C15H12Cl2N4O2. The van der Waals surface area contributed by atoms with Crippen molar-refractivity contribution < 1.29 is 9.90 Å². The molecule has 0 unspecified atom stereocenters. The Kier molecular flexibility index (Phi) is 3.87. The largest absolute Gasteiger partial charge is 0.506 e. The summed E-state index contributed by atoms with van der Waals surface area (Å²) >= 11 is 11.7. The summed E-state index contributed by atoms with van der Waals surface area (Å²) in [5, 5.41) is 17.9. The molecule has 0 aliphatic carbocycles. The fraction of sp³-hybridized carbons (Fsp3) is 0.133. The second kappa shape index (κ2) is 5.72. The predicted molar refractivity (Wildman–Crippen MR) is 89.3 cm³/mol. The highest BCUT2D eigenvalue weighted by atomic mass is 35.5. The summed E-state index contributed by atoms with van der Waals surface area (Å²) in [5.41, 5.74) is 1.99. The first-order valence-corrected chi connectivity index (χ1v) is 7.41. The number of rotatable bonds is 2. The van der Waals surface area contributed by atoms with E-state index in [1.54, 1.807) is 17.8 Å². The van der Waals surface area contributed by atoms with Crippen LogP contribution in [-0.2, 0) is 7.05 Å². The number of carbonyl (C=O) groups is 1. The molecular weight excluding hydrogens is 339 g/mol. The van der Waals surface area contributed by atoms with Crippen LogP contribution in [0.2, 0.25) is 10.0 Å². The van der Waals surface area contributed by atoms with Crippen LogP contribution >= 0.6 is 23.2 Å². The molecule has 23 heavy (non-hydrogen) atoms. The molecule has 0 bridgehead atoms. The lowest BCUT2D eigenvalue weighted by Gasteiger charge is -2.09. The first-order chi connectivity index (χ1) is 10.9. The van der Waals surface area contributed by atoms with Crippen molar-refractivity contribution in [1.82, 2.24) is 14.8 Å². The van der Waals surface area contributed by atoms with E-state index in [2.05, 4.69) is 15.4 Å². The maximum Gasteiger partial charge on any atom is 0.257 e. The number of halogens is 2. The van der Waals surface area contributed by atoms with Gasteiger partial charge in [0, 0.05) is 24.7 Å². The van der Waals surface area contributed by atoms with Gasteiger partial charge in [-0.15, -0.1) is 0 Å². The van der Waals surface area contributed by atoms with Crippen LogP contribution in [0, 0.1) is 6.92 Å². The number of phenols is 1. The van der Waals surface area contributed by atoms with Crippen LogP contribution < -0.4 is 5.32 Å². The van der Waals surface area contributed by atoms with E-state index >= 15 is 0 Å². The topological polar surface area (TPSA) is 80.0 Å². The summed E-state index contributed by atoms with van der Waals surface area (Å²) in [6.45, 7) is 1.84. The Morgan fingerprint density at radius 2 is 1.96 bits per heavy atom. The molecule has 2 N–H and O–H groups in total. The monoisotopic (exact) mass is 350 g/mol. The quantitative estimate of drug-likeness (QED) is 0.692. The van der Waals surface area contributed by atoms with Gasteiger partial charge in [-0.3, -0.25) is 9.48 Å². The predicted octanol–water partition coefficient (Wildman–Crippen LogP) is 3.54. The van der Waals surface area contributed by atoms with Gasteiger partial charge in [-0.2, -0.15) is 5.10 Å². The summed E-state index contributed by atoms with van der Waals surface area (Å²) in [5.74, 6) is -0.587. The molecule has 0 atom stereocenters. The van der Waals surface area contributed by atoms with E-state index in [1.807, 2.05) is 6.92 Å². The zero-order chi connectivity index (χ0) is 16.7. The molecule has 0 aliphatic heterocycles. The van der Waals surface area contributed by atoms with Crippen LogP contribution in [-0.4, -0.2) is 25.8 Å². The fourth-order valence-corrected chi connectivity index (χ4v) is 2.58. The minimum atomic E-state index is -0.420. The number of phenolic OH excluding ortho intramolecular Hbond substituents is 1. The highest BCUT2D eigenvalue weighted by Crippen LogP contribution is 2.33. The highest BCUT2D eigenvalue weighted by molar-refractivity contribution is 6.42. The van der Waals surface area contributed by atoms with Crippen molar-refractivity contribution in [3.8, 4) is 5.75 Å². The molecule has 3 aromatic rings. The molecule has 0 saturated carbocycles. The van der Waals surface area contributed by atoms with E-state index in [0.717, 1.165) is 11.1 Å². The number of aromatic nitrogens is 3. The molecule has 0 fully saturated rings. The number of anilines is 1. The lowest BCUT2D eigenvalue weighted by Crippen LogP contribution is -2.12. The first kappa shape index (κ1) is 15.6. The molecule has 0 saturated heterocycles. The number of nitrogens with one attached hydrogen (secondary N) is 1. The third-order valence-electron chi connectivity index (χ3n) is 3.41. The van der Waals surface area contributed by atoms with Gasteiger partial charge in [0.1, 0.15) is 5.75 Å². The van der Waals surface area contributed by atoms with Crippen molar-refractivity contribution in [2.75, 3.05) is 5.32 Å². The average Bonchev–Trinajstić information content (AvgIpc) is 2.79. The molecule has 2 heterocycles. The Morgan fingerprint density at radius 3 is 2.70 bits per heavy atom. The maximum atomic E-state index is 12.4. The van der Waals surface area contributed by atoms with Crippen molar-refractivity contribution in [2.45, 2.75) is 6.92 Å². The summed E-state index contributed by atoms with van der Waals surface area (Å²) < 4.78 is 1.65. The van der Waals surface area contributed by atoms with Crippen LogP contribution in [0.5, 0.6) is 5.75 Å². The molecule has 1 amide bonds. The number of aryl methyl sites for hydroxylation is 2. The number of amides is 1. The number of nitrogens with zero attached hydrogens (tertiary/aromatic N) is 3. The third kappa shape index (κ3) is 2.83. The molecule has 3 rings (SSSR count). The lowest BCUT2D eigenvalue weighted by molar-refractivity contribution is 0.102. The summed E-state index contributed by atoms with van der Waals surface area (Å²) in [6.07, 6.45) is 1.45. The van der Waals surface area contributed by atoms with Crippen molar-refractivity contribution >= 4 is 45.8 Å². The van der Waals surface area contributed by atoms with Crippen LogP contribution in [0.1, 0.15) is 16.1 Å². The summed E-state index contributed by atoms with van der Waals surface area (Å²) in [7, 11) is 1.79. The Balaban J connectivity index is 1.95. The smallest absolute Gasteiger partial charge is 0.257 e. The van der Waals surface area contributed by atoms with Crippen LogP contribution in [0.4, 0.5) is 5.69 Å². The van der Waals surface area contributed by atoms with E-state index in [4.69, 9.17) is 23.2 Å². The van der Waals surface area contributed by atoms with Crippen molar-refractivity contribution in [3.05, 3.63) is 45.7 Å². The molecule has 0 spiro atoms. The van der Waals surface area contributed by atoms with Gasteiger partial charge in [0.15, 0.2) is 5.65 Å². The van der Waals surface area contributed by atoms with Crippen LogP contribution in [0.25, 0.3) is 11.0 Å². The zero-order valence-corrected chi connectivity index (χ0v) is 13.8. The van der Waals surface area contributed by atoms with Gasteiger partial charge in [0.05, 0.1) is 27.0 Å². The molecule has 6 nitrogen and oxygen atoms in total. The minimum absolute atomic E-state index is 0.167. The summed E-state index contributed by atoms with van der Waals surface area (Å²) in [4.78, 5) is 16.6. The Labute approximate surface area is 141 Å². The van der Waals surface area contributed by atoms with Gasteiger partial charge in [-0.25, -0.2) is 4.98 Å². The number of hydrogen-bond acceptors (Lipinski definition) is 4. The van der Waals surface area contributed by atoms with E-state index in [9.17, 15) is 9.90 Å². The van der Waals surface area contributed by atoms with Gasteiger partial charge in [0.2, 0.25) is 0 Å². The molecule has 1 aromatic carbocycles. The fourth-order valence-electron chi connectivity index (χ4n) is 2.26. The number of carbonyl (C=O) groups excluding carboxylic acids is 1. The van der Waals surface area contributed by atoms with E-state index < -0.39 is 5.91 Å². The highest BCUT2D eigenvalue weighted by Gasteiger charge is 2.14. The van der Waals surface area contributed by atoms with E-state index in [-0.39, 0.29) is 21.5 Å². The Bertz CT molecular complexity index is 937. The van der Waals surface area contributed by atoms with Gasteiger partial charge in [0.25, 0.3) is 5.91 Å². The second-order valence-electron chi connectivity index (χ2n) is 5.04. The zero-order valence-electron chi connectivity index (χ0n) is 12.3. The van der Waals surface area contributed by atoms with E-state index in [1.165, 1.54) is 18.3 Å². The van der Waals surface area contributed by atoms with Crippen molar-refractivity contribution in [1.29, 1.82) is 0 Å². The summed E-state index contributed by atoms with van der Waals surface area (Å²) in [6, 6.07) is 4.36. The van der Waals surface area contributed by atoms with Gasteiger partial charge in [-0.05, 0) is 19.1 Å². The SMILES string of the molecule is Cc1nn(C)c2ncc(C(=O)Nc3cc(Cl)c(Cl)cc3O)cc12. The average molecular weight is 351 g/mol. The number of fused-ring (bicyclic) bond motifs is 1. The molecule has 118 valence electrons. The first-order valence-electron chi connectivity index (χ1n) is 6.65. The second-order valence-corrected chi connectivity index (χ2v) is 5.86. The minimum Gasteiger partial charge on any atom is -0.506 e. The van der Waals surface area contributed by atoms with Gasteiger partial charge >= 0.3 is 0 Å². The molecule has 0 aliphatic rings. The maximum absolute atomic E-state index is 12.4. The van der Waals surface area contributed by atoms with Crippen molar-refractivity contribution in [3.63, 3.8) is 0 Å².